The van der Waals surface area contributed by atoms with E-state index < -0.39 is 0 Å². The smallest absolute Gasteiger partial charge is 0.223 e. The molecule has 5 heteroatoms. The van der Waals surface area contributed by atoms with Crippen LogP contribution in [0.5, 0.6) is 0 Å². The highest BCUT2D eigenvalue weighted by Crippen LogP contribution is 2.23. The average molecular weight is 307 g/mol. The van der Waals surface area contributed by atoms with Crippen LogP contribution in [0.15, 0.2) is 22.7 Å². The summed E-state index contributed by atoms with van der Waals surface area (Å²) in [5.74, 6) is 1.68. The van der Waals surface area contributed by atoms with Gasteiger partial charge in [0.1, 0.15) is 5.82 Å². The average Bonchev–Trinajstić information content (AvgIpc) is 2.28. The van der Waals surface area contributed by atoms with Crippen LogP contribution in [-0.2, 0) is 6.42 Å². The molecule has 0 aliphatic carbocycles. The molecule has 1 heterocycles. The van der Waals surface area contributed by atoms with Gasteiger partial charge in [0.15, 0.2) is 5.82 Å². The quantitative estimate of drug-likeness (QED) is 0.946. The third-order valence-electron chi connectivity index (χ3n) is 2.60. The van der Waals surface area contributed by atoms with E-state index in [1.807, 2.05) is 25.1 Å². The predicted octanol–water partition coefficient (Wildman–Crippen LogP) is 3.14. The van der Waals surface area contributed by atoms with E-state index in [4.69, 9.17) is 5.73 Å². The molecule has 0 saturated carbocycles. The lowest BCUT2D eigenvalue weighted by molar-refractivity contribution is 0.824. The lowest BCUT2D eigenvalue weighted by atomic mass is 10.1. The number of aryl methyl sites for hydroxylation is 2. The van der Waals surface area contributed by atoms with Crippen LogP contribution in [0.1, 0.15) is 24.7 Å². The molecule has 2 aromatic rings. The molecule has 0 aliphatic rings. The second kappa shape index (κ2) is 5.44. The summed E-state index contributed by atoms with van der Waals surface area (Å²) in [6.45, 7) is 4.12. The fourth-order valence-electron chi connectivity index (χ4n) is 1.77. The monoisotopic (exact) mass is 306 g/mol. The van der Waals surface area contributed by atoms with Crippen LogP contribution in [0.4, 0.5) is 5.95 Å². The molecule has 0 bridgehead atoms. The SMILES string of the molecule is CCCc1nc(N)nc(-c2ccc(Br)cc2C)n1. The minimum absolute atomic E-state index is 0.283. The molecule has 4 nitrogen and oxygen atoms in total. The van der Waals surface area contributed by atoms with E-state index in [9.17, 15) is 0 Å². The van der Waals surface area contributed by atoms with Crippen molar-refractivity contribution in [1.82, 2.24) is 15.0 Å². The molecule has 0 amide bonds. The van der Waals surface area contributed by atoms with Crippen molar-refractivity contribution in [3.8, 4) is 11.4 Å². The summed E-state index contributed by atoms with van der Waals surface area (Å²) < 4.78 is 1.04. The number of nitrogens with two attached hydrogens (primary N) is 1. The van der Waals surface area contributed by atoms with Gasteiger partial charge in [-0.1, -0.05) is 22.9 Å². The van der Waals surface area contributed by atoms with Gasteiger partial charge in [-0.2, -0.15) is 9.97 Å². The van der Waals surface area contributed by atoms with E-state index in [0.717, 1.165) is 34.3 Å². The van der Waals surface area contributed by atoms with Gasteiger partial charge in [-0.3, -0.25) is 0 Å². The maximum Gasteiger partial charge on any atom is 0.223 e. The molecule has 0 unspecified atom stereocenters. The Morgan fingerprint density at radius 2 is 2.00 bits per heavy atom. The highest BCUT2D eigenvalue weighted by atomic mass is 79.9. The number of aromatic nitrogens is 3. The minimum Gasteiger partial charge on any atom is -0.368 e. The van der Waals surface area contributed by atoms with Crippen LogP contribution >= 0.6 is 15.9 Å². The summed E-state index contributed by atoms with van der Waals surface area (Å²) in [7, 11) is 0. The Morgan fingerprint density at radius 3 is 2.67 bits per heavy atom. The van der Waals surface area contributed by atoms with Crippen molar-refractivity contribution >= 4 is 21.9 Å². The van der Waals surface area contributed by atoms with Gasteiger partial charge >= 0.3 is 0 Å². The Bertz CT molecular complexity index is 569. The van der Waals surface area contributed by atoms with Gasteiger partial charge in [-0.15, -0.1) is 0 Å². The summed E-state index contributed by atoms with van der Waals surface area (Å²) in [6.07, 6.45) is 1.80. The van der Waals surface area contributed by atoms with E-state index in [0.29, 0.717) is 5.82 Å². The molecule has 1 aromatic heterocycles. The topological polar surface area (TPSA) is 64.7 Å². The third-order valence-corrected chi connectivity index (χ3v) is 3.10. The van der Waals surface area contributed by atoms with Gasteiger partial charge in [0.05, 0.1) is 0 Å². The van der Waals surface area contributed by atoms with Gasteiger partial charge in [-0.25, -0.2) is 4.98 Å². The zero-order valence-corrected chi connectivity index (χ0v) is 12.0. The van der Waals surface area contributed by atoms with Crippen LogP contribution in [0.2, 0.25) is 0 Å². The summed E-state index contributed by atoms with van der Waals surface area (Å²) in [6, 6.07) is 6.00. The Balaban J connectivity index is 2.49. The molecule has 0 fully saturated rings. The molecular weight excluding hydrogens is 292 g/mol. The first-order valence-corrected chi connectivity index (χ1v) is 6.66. The number of benzene rings is 1. The number of hydrogen-bond donors (Lipinski definition) is 1. The molecule has 0 spiro atoms. The number of rotatable bonds is 3. The number of nitrogens with zero attached hydrogens (tertiary/aromatic N) is 3. The second-order valence-corrected chi connectivity index (χ2v) is 5.06. The molecule has 18 heavy (non-hydrogen) atoms. The fraction of sp³-hybridized carbons (Fsp3) is 0.308. The van der Waals surface area contributed by atoms with Crippen molar-refractivity contribution in [3.63, 3.8) is 0 Å². The van der Waals surface area contributed by atoms with Crippen LogP contribution in [-0.4, -0.2) is 15.0 Å². The molecule has 94 valence electrons. The van der Waals surface area contributed by atoms with E-state index in [2.05, 4.69) is 37.8 Å². The molecule has 0 aliphatic heterocycles. The Labute approximate surface area is 115 Å². The predicted molar refractivity (Wildman–Crippen MR) is 76.1 cm³/mol. The van der Waals surface area contributed by atoms with E-state index in [1.165, 1.54) is 0 Å². The van der Waals surface area contributed by atoms with E-state index >= 15 is 0 Å². The van der Waals surface area contributed by atoms with E-state index in [1.54, 1.807) is 0 Å². The van der Waals surface area contributed by atoms with Crippen LogP contribution in [0.25, 0.3) is 11.4 Å². The van der Waals surface area contributed by atoms with Crippen molar-refractivity contribution in [3.05, 3.63) is 34.1 Å². The minimum atomic E-state index is 0.283. The number of anilines is 1. The van der Waals surface area contributed by atoms with Gasteiger partial charge in [0, 0.05) is 16.5 Å². The standard InChI is InChI=1S/C13H15BrN4/c1-3-4-11-16-12(18-13(15)17-11)10-6-5-9(14)7-8(10)2/h5-7H,3-4H2,1-2H3,(H2,15,16,17,18). The van der Waals surface area contributed by atoms with Crippen molar-refractivity contribution in [2.24, 2.45) is 0 Å². The molecule has 2 N–H and O–H groups in total. The van der Waals surface area contributed by atoms with Crippen molar-refractivity contribution in [1.29, 1.82) is 0 Å². The lowest BCUT2D eigenvalue weighted by Gasteiger charge is -2.07. The first-order valence-electron chi connectivity index (χ1n) is 5.87. The largest absolute Gasteiger partial charge is 0.368 e. The molecule has 0 atom stereocenters. The number of hydrogen-bond acceptors (Lipinski definition) is 4. The van der Waals surface area contributed by atoms with Crippen molar-refractivity contribution < 1.29 is 0 Å². The number of nitrogen functional groups attached to an aromatic ring is 1. The maximum absolute atomic E-state index is 5.74. The van der Waals surface area contributed by atoms with Crippen molar-refractivity contribution in [2.75, 3.05) is 5.73 Å². The summed E-state index contributed by atoms with van der Waals surface area (Å²) in [5.41, 5.74) is 7.83. The van der Waals surface area contributed by atoms with Gasteiger partial charge in [0.25, 0.3) is 0 Å². The molecule has 0 saturated heterocycles. The zero-order valence-electron chi connectivity index (χ0n) is 10.4. The van der Waals surface area contributed by atoms with Crippen LogP contribution < -0.4 is 5.73 Å². The molecule has 0 radical (unpaired) electrons. The van der Waals surface area contributed by atoms with Gasteiger partial charge < -0.3 is 5.73 Å². The highest BCUT2D eigenvalue weighted by molar-refractivity contribution is 9.10. The Kier molecular flexibility index (Phi) is 3.91. The summed E-state index contributed by atoms with van der Waals surface area (Å²) in [4.78, 5) is 12.8. The Morgan fingerprint density at radius 1 is 1.22 bits per heavy atom. The van der Waals surface area contributed by atoms with Crippen molar-refractivity contribution in [2.45, 2.75) is 26.7 Å². The fourth-order valence-corrected chi connectivity index (χ4v) is 2.25. The summed E-state index contributed by atoms with van der Waals surface area (Å²) >= 11 is 3.44. The highest BCUT2D eigenvalue weighted by Gasteiger charge is 2.09. The second-order valence-electron chi connectivity index (χ2n) is 4.14. The molecule has 1 aromatic carbocycles. The van der Waals surface area contributed by atoms with Crippen LogP contribution in [0, 0.1) is 6.92 Å². The first kappa shape index (κ1) is 13.0. The Hall–Kier alpha value is -1.49. The first-order chi connectivity index (χ1) is 8.60. The number of halogens is 1. The maximum atomic E-state index is 5.74. The third kappa shape index (κ3) is 2.85. The lowest BCUT2D eigenvalue weighted by Crippen LogP contribution is -2.05. The van der Waals surface area contributed by atoms with Crippen LogP contribution in [0.3, 0.4) is 0 Å². The molecule has 2 rings (SSSR count). The van der Waals surface area contributed by atoms with E-state index in [-0.39, 0.29) is 5.95 Å². The molecular formula is C13H15BrN4. The summed E-state index contributed by atoms with van der Waals surface area (Å²) in [5, 5.41) is 0. The zero-order chi connectivity index (χ0) is 13.1. The normalized spacial score (nSPS) is 10.6. The van der Waals surface area contributed by atoms with Gasteiger partial charge in [-0.05, 0) is 37.1 Å². The van der Waals surface area contributed by atoms with Gasteiger partial charge in [0.2, 0.25) is 5.95 Å².